The van der Waals surface area contributed by atoms with Crippen LogP contribution in [0.2, 0.25) is 5.02 Å². The molecular formula is C14H21ClN4O. The van der Waals surface area contributed by atoms with Gasteiger partial charge in [-0.2, -0.15) is 0 Å². The number of nitrogen functional groups attached to an aromatic ring is 1. The van der Waals surface area contributed by atoms with Gasteiger partial charge in [0.05, 0.1) is 5.02 Å². The Morgan fingerprint density at radius 1 is 1.50 bits per heavy atom. The van der Waals surface area contributed by atoms with Crippen LogP contribution in [0.5, 0.6) is 0 Å². The van der Waals surface area contributed by atoms with Crippen molar-refractivity contribution in [2.45, 2.75) is 45.6 Å². The van der Waals surface area contributed by atoms with Gasteiger partial charge in [0.25, 0.3) is 5.91 Å². The van der Waals surface area contributed by atoms with Crippen LogP contribution in [0.1, 0.15) is 50.0 Å². The van der Waals surface area contributed by atoms with Gasteiger partial charge < -0.3 is 10.7 Å². The van der Waals surface area contributed by atoms with Crippen LogP contribution in [0.3, 0.4) is 0 Å². The van der Waals surface area contributed by atoms with E-state index in [0.717, 1.165) is 19.3 Å². The second-order valence-electron chi connectivity index (χ2n) is 6.10. The normalized spacial score (nSPS) is 21.3. The number of pyridine rings is 1. The van der Waals surface area contributed by atoms with Crippen LogP contribution < -0.4 is 16.6 Å². The molecule has 1 aliphatic rings. The number of hydrogen-bond donors (Lipinski definition) is 3. The Kier molecular flexibility index (Phi) is 4.50. The molecule has 0 radical (unpaired) electrons. The zero-order valence-electron chi connectivity index (χ0n) is 11.9. The highest BCUT2D eigenvalue weighted by Crippen LogP contribution is 2.35. The third-order valence-electron chi connectivity index (χ3n) is 3.75. The van der Waals surface area contributed by atoms with Crippen LogP contribution in [-0.2, 0) is 0 Å². The number of nitrogens with one attached hydrogen (secondary N) is 2. The number of nitrogens with zero attached hydrogens (tertiary/aromatic N) is 1. The summed E-state index contributed by atoms with van der Waals surface area (Å²) in [5.41, 5.74) is 2.90. The molecule has 1 unspecified atom stereocenters. The highest BCUT2D eigenvalue weighted by atomic mass is 35.5. The van der Waals surface area contributed by atoms with Crippen molar-refractivity contribution in [3.05, 3.63) is 22.8 Å². The van der Waals surface area contributed by atoms with Crippen molar-refractivity contribution in [3.63, 3.8) is 0 Å². The molecule has 1 heterocycles. The number of hydrogen-bond acceptors (Lipinski definition) is 4. The first kappa shape index (κ1) is 15.1. The highest BCUT2D eigenvalue weighted by Gasteiger charge is 2.29. The molecule has 2 rings (SSSR count). The quantitative estimate of drug-likeness (QED) is 0.592. The van der Waals surface area contributed by atoms with Gasteiger partial charge in [0, 0.05) is 6.04 Å². The van der Waals surface area contributed by atoms with E-state index in [-0.39, 0.29) is 23.1 Å². The van der Waals surface area contributed by atoms with Crippen LogP contribution >= 0.6 is 11.6 Å². The number of aromatic nitrogens is 1. The molecular weight excluding hydrogens is 276 g/mol. The molecule has 0 bridgehead atoms. The van der Waals surface area contributed by atoms with E-state index in [1.165, 1.54) is 6.42 Å². The van der Waals surface area contributed by atoms with Gasteiger partial charge in [-0.15, -0.1) is 0 Å². The molecule has 110 valence electrons. The number of rotatable bonds is 3. The first-order valence-electron chi connectivity index (χ1n) is 6.85. The number of nitrogens with two attached hydrogens (primary N) is 1. The standard InChI is InChI=1S/C14H21ClN4O/c1-14(2)7-3-4-9(8-14)17-13(20)12-10(15)5-6-11(18-12)19-16/h5-6,9H,3-4,7-8,16H2,1-2H3,(H,17,20)(H,18,19). The second kappa shape index (κ2) is 5.97. The van der Waals surface area contributed by atoms with E-state index in [2.05, 4.69) is 29.6 Å². The predicted molar refractivity (Wildman–Crippen MR) is 80.6 cm³/mol. The maximum absolute atomic E-state index is 12.3. The first-order valence-corrected chi connectivity index (χ1v) is 7.23. The Morgan fingerprint density at radius 2 is 2.25 bits per heavy atom. The topological polar surface area (TPSA) is 80.0 Å². The molecule has 1 aromatic rings. The molecule has 6 heteroatoms. The molecule has 1 saturated carbocycles. The van der Waals surface area contributed by atoms with Crippen LogP contribution in [0.25, 0.3) is 0 Å². The van der Waals surface area contributed by atoms with E-state index in [0.29, 0.717) is 10.8 Å². The van der Waals surface area contributed by atoms with Crippen molar-refractivity contribution < 1.29 is 4.79 Å². The number of halogens is 1. The number of anilines is 1. The van der Waals surface area contributed by atoms with Gasteiger partial charge in [-0.25, -0.2) is 10.8 Å². The van der Waals surface area contributed by atoms with E-state index < -0.39 is 0 Å². The van der Waals surface area contributed by atoms with E-state index in [9.17, 15) is 4.79 Å². The lowest BCUT2D eigenvalue weighted by Crippen LogP contribution is -2.41. The summed E-state index contributed by atoms with van der Waals surface area (Å²) < 4.78 is 0. The minimum Gasteiger partial charge on any atom is -0.348 e. The number of hydrazine groups is 1. The molecule has 4 N–H and O–H groups in total. The summed E-state index contributed by atoms with van der Waals surface area (Å²) in [6, 6.07) is 3.42. The fourth-order valence-corrected chi connectivity index (χ4v) is 2.95. The van der Waals surface area contributed by atoms with Gasteiger partial charge in [-0.1, -0.05) is 31.9 Å². The Labute approximate surface area is 124 Å². The summed E-state index contributed by atoms with van der Waals surface area (Å²) in [6.45, 7) is 4.46. The molecule has 5 nitrogen and oxygen atoms in total. The van der Waals surface area contributed by atoms with Crippen LogP contribution in [0.4, 0.5) is 5.82 Å². The minimum atomic E-state index is -0.241. The summed E-state index contributed by atoms with van der Waals surface area (Å²) in [5.74, 6) is 5.48. The van der Waals surface area contributed by atoms with Crippen LogP contribution in [0.15, 0.2) is 12.1 Å². The van der Waals surface area contributed by atoms with Crippen molar-refractivity contribution in [1.29, 1.82) is 0 Å². The monoisotopic (exact) mass is 296 g/mol. The largest absolute Gasteiger partial charge is 0.348 e. The van der Waals surface area contributed by atoms with E-state index in [1.807, 2.05) is 0 Å². The van der Waals surface area contributed by atoms with Gasteiger partial charge >= 0.3 is 0 Å². The summed E-state index contributed by atoms with van der Waals surface area (Å²) in [7, 11) is 0. The molecule has 1 aromatic heterocycles. The lowest BCUT2D eigenvalue weighted by Gasteiger charge is -2.35. The van der Waals surface area contributed by atoms with Crippen molar-refractivity contribution in [3.8, 4) is 0 Å². The molecule has 1 atom stereocenters. The summed E-state index contributed by atoms with van der Waals surface area (Å²) in [4.78, 5) is 16.4. The van der Waals surface area contributed by atoms with Crippen molar-refractivity contribution in [2.75, 3.05) is 5.43 Å². The van der Waals surface area contributed by atoms with Crippen LogP contribution in [-0.4, -0.2) is 16.9 Å². The molecule has 1 amide bonds. The highest BCUT2D eigenvalue weighted by molar-refractivity contribution is 6.33. The Bertz CT molecular complexity index is 504. The molecule has 0 spiro atoms. The molecule has 0 aliphatic heterocycles. The fraction of sp³-hybridized carbons (Fsp3) is 0.571. The Hall–Kier alpha value is -1.33. The maximum atomic E-state index is 12.3. The van der Waals surface area contributed by atoms with E-state index >= 15 is 0 Å². The third kappa shape index (κ3) is 3.61. The van der Waals surface area contributed by atoms with E-state index in [4.69, 9.17) is 17.4 Å². The van der Waals surface area contributed by atoms with Gasteiger partial charge in [0.1, 0.15) is 11.5 Å². The number of carbonyl (C=O) groups excluding carboxylic acids is 1. The van der Waals surface area contributed by atoms with E-state index in [1.54, 1.807) is 12.1 Å². The van der Waals surface area contributed by atoms with Crippen molar-refractivity contribution in [1.82, 2.24) is 10.3 Å². The average Bonchev–Trinajstić information content (AvgIpc) is 2.38. The summed E-state index contributed by atoms with van der Waals surface area (Å²) in [6.07, 6.45) is 4.31. The van der Waals surface area contributed by atoms with Gasteiger partial charge in [0.15, 0.2) is 0 Å². The van der Waals surface area contributed by atoms with Crippen molar-refractivity contribution >= 4 is 23.3 Å². The molecule has 0 saturated heterocycles. The maximum Gasteiger partial charge on any atom is 0.271 e. The lowest BCUT2D eigenvalue weighted by atomic mass is 9.75. The van der Waals surface area contributed by atoms with Gasteiger partial charge in [-0.3, -0.25) is 4.79 Å². The van der Waals surface area contributed by atoms with Gasteiger partial charge in [0.2, 0.25) is 0 Å². The average molecular weight is 297 g/mol. The van der Waals surface area contributed by atoms with Gasteiger partial charge in [-0.05, 0) is 36.8 Å². The SMILES string of the molecule is CC1(C)CCCC(NC(=O)c2nc(NN)ccc2Cl)C1. The minimum absolute atomic E-state index is 0.179. The fourth-order valence-electron chi connectivity index (χ4n) is 2.76. The van der Waals surface area contributed by atoms with Crippen molar-refractivity contribution in [2.24, 2.45) is 11.3 Å². The summed E-state index contributed by atoms with van der Waals surface area (Å²) in [5, 5.41) is 3.36. The van der Waals surface area contributed by atoms with Crippen LogP contribution in [0, 0.1) is 5.41 Å². The number of carbonyl (C=O) groups is 1. The zero-order chi connectivity index (χ0) is 14.8. The molecule has 1 fully saturated rings. The Balaban J connectivity index is 2.08. The first-order chi connectivity index (χ1) is 9.41. The summed E-state index contributed by atoms with van der Waals surface area (Å²) >= 11 is 6.03. The smallest absolute Gasteiger partial charge is 0.271 e. The Morgan fingerprint density at radius 3 is 2.90 bits per heavy atom. The molecule has 20 heavy (non-hydrogen) atoms. The number of amides is 1. The predicted octanol–water partition coefficient (Wildman–Crippen LogP) is 2.72. The molecule has 1 aliphatic carbocycles. The second-order valence-corrected chi connectivity index (χ2v) is 6.51. The lowest BCUT2D eigenvalue weighted by molar-refractivity contribution is 0.0898. The zero-order valence-corrected chi connectivity index (χ0v) is 12.6. The molecule has 0 aromatic carbocycles. The third-order valence-corrected chi connectivity index (χ3v) is 4.05.